The zero-order chi connectivity index (χ0) is 39.3. The number of hydrogen-bond acceptors (Lipinski definition) is 8. The average molecular weight is 818 g/mol. The molecule has 0 aliphatic carbocycles. The van der Waals surface area contributed by atoms with E-state index in [9.17, 15) is 5.53 Å². The second-order valence-electron chi connectivity index (χ2n) is 15.3. The molecule has 3 aromatic carbocycles. The summed E-state index contributed by atoms with van der Waals surface area (Å²) in [7, 11) is -3.06. The summed E-state index contributed by atoms with van der Waals surface area (Å²) in [4.78, 5) is 3.10. The fourth-order valence-corrected chi connectivity index (χ4v) is 12.4. The van der Waals surface area contributed by atoms with E-state index >= 15 is 0 Å². The van der Waals surface area contributed by atoms with Crippen molar-refractivity contribution < 1.29 is 28.1 Å². The molecule has 2 aliphatic heterocycles. The molecule has 0 spiro atoms. The third kappa shape index (κ3) is 9.46. The zero-order valence-corrected chi connectivity index (χ0v) is 35.0. The number of rotatable bonds is 12. The van der Waals surface area contributed by atoms with E-state index in [0.717, 1.165) is 15.9 Å². The van der Waals surface area contributed by atoms with Crippen LogP contribution in [-0.4, -0.2) is 67.7 Å². The first-order valence-corrected chi connectivity index (χ1v) is 21.4. The second-order valence-corrected chi connectivity index (χ2v) is 21.9. The Morgan fingerprint density at radius 1 is 0.796 bits per heavy atom. The Labute approximate surface area is 334 Å². The predicted molar refractivity (Wildman–Crippen MR) is 216 cm³/mol. The van der Waals surface area contributed by atoms with E-state index in [2.05, 4.69) is 68.9 Å². The van der Waals surface area contributed by atoms with Crippen LogP contribution in [0, 0.1) is 23.2 Å². The van der Waals surface area contributed by atoms with Crippen LogP contribution in [0.3, 0.4) is 0 Å². The number of azide groups is 1. The summed E-state index contributed by atoms with van der Waals surface area (Å²) in [6, 6.07) is 29.6. The van der Waals surface area contributed by atoms with E-state index in [-0.39, 0.29) is 35.7 Å². The van der Waals surface area contributed by atoms with Crippen LogP contribution in [0.4, 0.5) is 0 Å². The molecule has 3 aromatic rings. The fraction of sp³-hybridized carbons (Fsp3) is 0.525. The lowest BCUT2D eigenvalue weighted by Gasteiger charge is -2.49. The Kier molecular flexibility index (Phi) is 14.2. The van der Waals surface area contributed by atoms with Crippen LogP contribution in [0.1, 0.15) is 54.0 Å². The van der Waals surface area contributed by atoms with Gasteiger partial charge in [0.15, 0.2) is 6.29 Å². The fourth-order valence-electron chi connectivity index (χ4n) is 7.67. The van der Waals surface area contributed by atoms with Gasteiger partial charge < -0.3 is 28.1 Å². The largest absolute Gasteiger partial charge is 0.448 e. The highest BCUT2D eigenvalue weighted by atomic mass is 35.6. The summed E-state index contributed by atoms with van der Waals surface area (Å²) in [5.74, 6) is -1.29. The SMILES string of the molecule is CC1O[C@@H](O[C@@H]2C(CO[Si](c3ccccc3)(c3ccccc3)C(C)(C)C)O[C@@H](OC(=N)C(Cl)(Cl)Cl)C(N=[N+]=[N-])[C@H]2C)C(C)[C@H](OCc2ccccc2)[C@@H]1C. The molecule has 54 heavy (non-hydrogen) atoms. The van der Waals surface area contributed by atoms with Gasteiger partial charge in [0.1, 0.15) is 12.1 Å². The summed E-state index contributed by atoms with van der Waals surface area (Å²) >= 11 is 18.1. The highest BCUT2D eigenvalue weighted by Gasteiger charge is 2.54. The topological polar surface area (TPSA) is 128 Å². The van der Waals surface area contributed by atoms with Crippen LogP contribution in [0.5, 0.6) is 0 Å². The lowest BCUT2D eigenvalue weighted by molar-refractivity contribution is -0.318. The van der Waals surface area contributed by atoms with E-state index in [1.165, 1.54) is 0 Å². The normalized spacial score (nSPS) is 29.2. The minimum absolute atomic E-state index is 0.0627. The van der Waals surface area contributed by atoms with Crippen molar-refractivity contribution in [2.45, 2.75) is 107 Å². The van der Waals surface area contributed by atoms with E-state index < -0.39 is 54.8 Å². The Hall–Kier alpha value is -2.67. The van der Waals surface area contributed by atoms with Gasteiger partial charge in [-0.05, 0) is 39.3 Å². The maximum atomic E-state index is 9.68. The van der Waals surface area contributed by atoms with E-state index in [1.807, 2.05) is 80.6 Å². The number of halogens is 3. The maximum absolute atomic E-state index is 9.68. The van der Waals surface area contributed by atoms with Crippen molar-refractivity contribution in [1.29, 1.82) is 5.41 Å². The second kappa shape index (κ2) is 18.1. The summed E-state index contributed by atoms with van der Waals surface area (Å²) in [5, 5.41) is 14.3. The minimum atomic E-state index is -3.06. The van der Waals surface area contributed by atoms with Gasteiger partial charge in [-0.1, -0.05) is 172 Å². The van der Waals surface area contributed by atoms with Crippen molar-refractivity contribution in [3.8, 4) is 0 Å². The molecule has 0 amide bonds. The highest BCUT2D eigenvalue weighted by Crippen LogP contribution is 2.41. The van der Waals surface area contributed by atoms with Crippen molar-refractivity contribution in [2.24, 2.45) is 22.9 Å². The molecule has 10 nitrogen and oxygen atoms in total. The van der Waals surface area contributed by atoms with Gasteiger partial charge in [0, 0.05) is 16.7 Å². The van der Waals surface area contributed by atoms with Gasteiger partial charge in [0.05, 0.1) is 31.5 Å². The van der Waals surface area contributed by atoms with Crippen molar-refractivity contribution in [2.75, 3.05) is 6.61 Å². The van der Waals surface area contributed by atoms with Gasteiger partial charge in [0.25, 0.3) is 12.1 Å². The first kappa shape index (κ1) is 42.5. The Bertz CT molecular complexity index is 1670. The summed E-state index contributed by atoms with van der Waals surface area (Å²) in [6.45, 7) is 15.2. The molecule has 292 valence electrons. The maximum Gasteiger partial charge on any atom is 0.265 e. The van der Waals surface area contributed by atoms with Crippen LogP contribution in [0.25, 0.3) is 10.4 Å². The van der Waals surface area contributed by atoms with Crippen LogP contribution in [0.15, 0.2) is 96.1 Å². The molecule has 0 bridgehead atoms. The van der Waals surface area contributed by atoms with Gasteiger partial charge >= 0.3 is 0 Å². The van der Waals surface area contributed by atoms with Crippen molar-refractivity contribution in [3.63, 3.8) is 0 Å². The third-order valence-electron chi connectivity index (χ3n) is 10.7. The van der Waals surface area contributed by atoms with Crippen LogP contribution in [0.2, 0.25) is 5.04 Å². The van der Waals surface area contributed by atoms with Crippen molar-refractivity contribution in [3.05, 3.63) is 107 Å². The molecule has 1 N–H and O–H groups in total. The Morgan fingerprint density at radius 2 is 1.35 bits per heavy atom. The molecule has 0 saturated carbocycles. The molecular formula is C40H51Cl3N4O6Si. The monoisotopic (exact) mass is 816 g/mol. The Morgan fingerprint density at radius 3 is 1.87 bits per heavy atom. The molecule has 14 heteroatoms. The zero-order valence-electron chi connectivity index (χ0n) is 31.8. The number of hydrogen-bond donors (Lipinski definition) is 1. The van der Waals surface area contributed by atoms with Crippen molar-refractivity contribution >= 4 is 59.4 Å². The summed E-state index contributed by atoms with van der Waals surface area (Å²) in [5.41, 5.74) is 10.8. The van der Waals surface area contributed by atoms with E-state index in [0.29, 0.717) is 6.61 Å². The van der Waals surface area contributed by atoms with E-state index in [1.54, 1.807) is 0 Å². The molecular weight excluding hydrogens is 767 g/mol. The van der Waals surface area contributed by atoms with E-state index in [4.69, 9.17) is 68.3 Å². The lowest BCUT2D eigenvalue weighted by Crippen LogP contribution is -2.68. The quantitative estimate of drug-likeness (QED) is 0.0370. The molecule has 10 atom stereocenters. The van der Waals surface area contributed by atoms with Crippen LogP contribution < -0.4 is 10.4 Å². The number of benzene rings is 3. The average Bonchev–Trinajstić information content (AvgIpc) is 3.14. The minimum Gasteiger partial charge on any atom is -0.448 e. The number of ether oxygens (including phenoxy) is 5. The standard InChI is InChI=1S/C40H51Cl3N4O6Si/c1-25-28(4)50-36(27(3)34(25)48-23-29-17-11-8-12-18-29)52-35-26(2)33(46-47-45)37(53-38(44)40(41,42)43)51-32(35)24-49-54(39(5,6)7,30-19-13-9-14-20-30)31-21-15-10-16-22-31/h8-22,25-28,32-37,44H,23-24H2,1-7H3/t25-,26-,27?,28?,32?,33?,34-,35+,36+,37+/m1/s1. The number of nitrogens with zero attached hydrogens (tertiary/aromatic N) is 3. The molecule has 2 aliphatic rings. The molecule has 0 radical (unpaired) electrons. The van der Waals surface area contributed by atoms with Gasteiger partial charge in [-0.15, -0.1) is 0 Å². The van der Waals surface area contributed by atoms with Crippen LogP contribution in [-0.2, 0) is 34.7 Å². The Balaban J connectivity index is 1.52. The number of alkyl halides is 3. The first-order chi connectivity index (χ1) is 25.6. The van der Waals surface area contributed by atoms with Gasteiger partial charge in [-0.2, -0.15) is 0 Å². The summed E-state index contributed by atoms with van der Waals surface area (Å²) in [6.07, 6.45) is -3.87. The van der Waals surface area contributed by atoms with Gasteiger partial charge in [0.2, 0.25) is 12.2 Å². The smallest absolute Gasteiger partial charge is 0.265 e. The van der Waals surface area contributed by atoms with Crippen LogP contribution >= 0.6 is 34.8 Å². The molecule has 2 fully saturated rings. The molecule has 2 heterocycles. The molecule has 4 unspecified atom stereocenters. The first-order valence-electron chi connectivity index (χ1n) is 18.3. The molecule has 5 rings (SSSR count). The predicted octanol–water partition coefficient (Wildman–Crippen LogP) is 8.95. The van der Waals surface area contributed by atoms with Gasteiger partial charge in [-0.3, -0.25) is 5.41 Å². The highest BCUT2D eigenvalue weighted by molar-refractivity contribution is 6.99. The molecule has 0 aromatic heterocycles. The lowest BCUT2D eigenvalue weighted by atomic mass is 9.85. The van der Waals surface area contributed by atoms with Crippen molar-refractivity contribution in [1.82, 2.24) is 0 Å². The summed E-state index contributed by atoms with van der Waals surface area (Å²) < 4.78 is 37.7. The molecule has 2 saturated heterocycles. The van der Waals surface area contributed by atoms with Gasteiger partial charge in [-0.25, -0.2) is 0 Å². The number of nitrogens with one attached hydrogen (secondary N) is 1. The third-order valence-corrected chi connectivity index (χ3v) is 16.2.